The summed E-state index contributed by atoms with van der Waals surface area (Å²) >= 11 is 7.53. The van der Waals surface area contributed by atoms with Gasteiger partial charge in [0.15, 0.2) is 5.01 Å². The SMILES string of the molecule is COC[C@H](NC(=O)c1nc2c(s1)CCN(C)CC2)c1nc2ccc(Cl)cc2[nH]1. The Kier molecular flexibility index (Phi) is 5.63. The largest absolute Gasteiger partial charge is 0.382 e. The fourth-order valence-electron chi connectivity index (χ4n) is 3.31. The van der Waals surface area contributed by atoms with Gasteiger partial charge in [0.25, 0.3) is 5.91 Å². The third kappa shape index (κ3) is 4.05. The van der Waals surface area contributed by atoms with E-state index in [0.29, 0.717) is 22.5 Å². The highest BCUT2D eigenvalue weighted by Gasteiger charge is 2.24. The molecule has 1 aliphatic heterocycles. The number of carbonyl (C=O) groups is 1. The highest BCUT2D eigenvalue weighted by Crippen LogP contribution is 2.24. The number of aromatic amines is 1. The highest BCUT2D eigenvalue weighted by molar-refractivity contribution is 7.13. The number of likely N-dealkylation sites (N-methyl/N-ethyl adjacent to an activating group) is 1. The van der Waals surface area contributed by atoms with E-state index in [2.05, 4.69) is 32.2 Å². The second kappa shape index (κ2) is 8.16. The third-order valence-electron chi connectivity index (χ3n) is 4.85. The highest BCUT2D eigenvalue weighted by atomic mass is 35.5. The van der Waals surface area contributed by atoms with Crippen molar-refractivity contribution < 1.29 is 9.53 Å². The number of hydrogen-bond acceptors (Lipinski definition) is 6. The number of benzene rings is 1. The van der Waals surface area contributed by atoms with Crippen LogP contribution in [-0.2, 0) is 17.6 Å². The van der Waals surface area contributed by atoms with Crippen LogP contribution in [0.3, 0.4) is 0 Å². The Morgan fingerprint density at radius 1 is 1.39 bits per heavy atom. The van der Waals surface area contributed by atoms with E-state index in [1.165, 1.54) is 16.2 Å². The smallest absolute Gasteiger partial charge is 0.280 e. The predicted octanol–water partition coefficient (Wildman–Crippen LogP) is 2.82. The lowest BCUT2D eigenvalue weighted by Crippen LogP contribution is -2.32. The van der Waals surface area contributed by atoms with Gasteiger partial charge in [0.2, 0.25) is 0 Å². The first kappa shape index (κ1) is 19.3. The van der Waals surface area contributed by atoms with Crippen LogP contribution >= 0.6 is 22.9 Å². The van der Waals surface area contributed by atoms with Crippen molar-refractivity contribution in [1.29, 1.82) is 0 Å². The number of halogens is 1. The molecule has 7 nitrogen and oxygen atoms in total. The molecule has 1 amide bonds. The molecule has 0 aliphatic carbocycles. The fraction of sp³-hybridized carbons (Fsp3) is 0.421. The summed E-state index contributed by atoms with van der Waals surface area (Å²) in [5.74, 6) is 0.430. The minimum Gasteiger partial charge on any atom is -0.382 e. The summed E-state index contributed by atoms with van der Waals surface area (Å²) in [6.07, 6.45) is 1.81. The van der Waals surface area contributed by atoms with Gasteiger partial charge in [-0.25, -0.2) is 9.97 Å². The Hall–Kier alpha value is -2.00. The Morgan fingerprint density at radius 2 is 2.21 bits per heavy atom. The Balaban J connectivity index is 1.54. The molecule has 1 atom stereocenters. The molecule has 0 saturated carbocycles. The second-order valence-corrected chi connectivity index (χ2v) is 8.48. The lowest BCUT2D eigenvalue weighted by molar-refractivity contribution is 0.0892. The van der Waals surface area contributed by atoms with Gasteiger partial charge in [0.05, 0.1) is 23.3 Å². The number of aromatic nitrogens is 3. The van der Waals surface area contributed by atoms with Gasteiger partial charge < -0.3 is 19.9 Å². The average molecular weight is 420 g/mol. The molecule has 2 aromatic heterocycles. The zero-order chi connectivity index (χ0) is 19.7. The molecule has 0 fully saturated rings. The van der Waals surface area contributed by atoms with Crippen molar-refractivity contribution in [2.24, 2.45) is 0 Å². The molecule has 0 radical (unpaired) electrons. The normalized spacial score (nSPS) is 16.0. The first-order valence-electron chi connectivity index (χ1n) is 9.15. The van der Waals surface area contributed by atoms with Crippen molar-refractivity contribution in [2.45, 2.75) is 18.9 Å². The van der Waals surface area contributed by atoms with Crippen LogP contribution in [0, 0.1) is 0 Å². The number of amides is 1. The van der Waals surface area contributed by atoms with E-state index in [4.69, 9.17) is 16.3 Å². The summed E-state index contributed by atoms with van der Waals surface area (Å²) in [5.41, 5.74) is 2.66. The summed E-state index contributed by atoms with van der Waals surface area (Å²) < 4.78 is 5.30. The maximum atomic E-state index is 12.8. The van der Waals surface area contributed by atoms with Crippen LogP contribution in [0.4, 0.5) is 0 Å². The Bertz CT molecular complexity index is 976. The zero-order valence-corrected chi connectivity index (χ0v) is 17.4. The second-order valence-electron chi connectivity index (χ2n) is 6.96. The molecular weight excluding hydrogens is 398 g/mol. The molecule has 4 rings (SSSR count). The molecule has 148 valence electrons. The summed E-state index contributed by atoms with van der Waals surface area (Å²) in [4.78, 5) is 28.7. The fourth-order valence-corrected chi connectivity index (χ4v) is 4.49. The van der Waals surface area contributed by atoms with Crippen LogP contribution in [0.1, 0.15) is 32.2 Å². The summed E-state index contributed by atoms with van der Waals surface area (Å²) in [6, 6.07) is 5.04. The average Bonchev–Trinajstić information content (AvgIpc) is 3.23. The van der Waals surface area contributed by atoms with Crippen molar-refractivity contribution >= 4 is 39.9 Å². The van der Waals surface area contributed by atoms with Crippen LogP contribution in [0.2, 0.25) is 5.02 Å². The van der Waals surface area contributed by atoms with Gasteiger partial charge in [-0.05, 0) is 31.7 Å². The summed E-state index contributed by atoms with van der Waals surface area (Å²) in [6.45, 7) is 2.25. The maximum absolute atomic E-state index is 12.8. The number of hydrogen-bond donors (Lipinski definition) is 2. The standard InChI is InChI=1S/C19H22ClN5O2S/c1-25-7-5-13-16(6-8-25)28-19(24-13)18(26)23-15(10-27-2)17-21-12-4-3-11(20)9-14(12)22-17/h3-4,9,15H,5-8,10H2,1-2H3,(H,21,22)(H,23,26)/t15-/m0/s1. The number of nitrogens with one attached hydrogen (secondary N) is 2. The summed E-state index contributed by atoms with van der Waals surface area (Å²) in [5, 5.41) is 4.13. The number of H-pyrrole nitrogens is 1. The van der Waals surface area contributed by atoms with Gasteiger partial charge in [-0.15, -0.1) is 11.3 Å². The van der Waals surface area contributed by atoms with E-state index in [9.17, 15) is 4.79 Å². The molecule has 1 aliphatic rings. The molecule has 0 bridgehead atoms. The van der Waals surface area contributed by atoms with E-state index in [-0.39, 0.29) is 5.91 Å². The van der Waals surface area contributed by atoms with Crippen molar-refractivity contribution in [1.82, 2.24) is 25.2 Å². The van der Waals surface area contributed by atoms with Crippen LogP contribution < -0.4 is 5.32 Å². The van der Waals surface area contributed by atoms with Gasteiger partial charge in [-0.2, -0.15) is 0 Å². The minimum atomic E-state index is -0.404. The number of carbonyl (C=O) groups excluding carboxylic acids is 1. The lowest BCUT2D eigenvalue weighted by atomic mass is 10.2. The zero-order valence-electron chi connectivity index (χ0n) is 15.8. The number of fused-ring (bicyclic) bond motifs is 2. The summed E-state index contributed by atoms with van der Waals surface area (Å²) in [7, 11) is 3.71. The van der Waals surface area contributed by atoms with Crippen molar-refractivity contribution in [3.63, 3.8) is 0 Å². The maximum Gasteiger partial charge on any atom is 0.280 e. The van der Waals surface area contributed by atoms with E-state index in [1.807, 2.05) is 12.1 Å². The van der Waals surface area contributed by atoms with Crippen molar-refractivity contribution in [3.8, 4) is 0 Å². The molecule has 28 heavy (non-hydrogen) atoms. The number of rotatable bonds is 5. The van der Waals surface area contributed by atoms with Crippen molar-refractivity contribution in [2.75, 3.05) is 33.9 Å². The monoisotopic (exact) mass is 419 g/mol. The molecular formula is C19H22ClN5O2S. The van der Waals surface area contributed by atoms with Gasteiger partial charge in [-0.3, -0.25) is 4.79 Å². The lowest BCUT2D eigenvalue weighted by Gasteiger charge is -2.15. The number of thiazole rings is 1. The van der Waals surface area contributed by atoms with Crippen LogP contribution in [0.25, 0.3) is 11.0 Å². The molecule has 1 aromatic carbocycles. The molecule has 2 N–H and O–H groups in total. The third-order valence-corrected chi connectivity index (χ3v) is 6.25. The molecule has 0 saturated heterocycles. The van der Waals surface area contributed by atoms with Crippen LogP contribution in [-0.4, -0.2) is 59.6 Å². The van der Waals surface area contributed by atoms with Crippen molar-refractivity contribution in [3.05, 3.63) is 44.6 Å². The van der Waals surface area contributed by atoms with Gasteiger partial charge >= 0.3 is 0 Å². The molecule has 9 heteroatoms. The van der Waals surface area contributed by atoms with E-state index in [0.717, 1.165) is 42.7 Å². The van der Waals surface area contributed by atoms with Crippen LogP contribution in [0.15, 0.2) is 18.2 Å². The number of imidazole rings is 1. The van der Waals surface area contributed by atoms with Gasteiger partial charge in [0.1, 0.15) is 11.9 Å². The topological polar surface area (TPSA) is 83.1 Å². The number of ether oxygens (including phenoxy) is 1. The molecule has 0 spiro atoms. The Morgan fingerprint density at radius 3 is 3.04 bits per heavy atom. The van der Waals surface area contributed by atoms with Crippen LogP contribution in [0.5, 0.6) is 0 Å². The molecule has 3 aromatic rings. The Labute approximate surface area is 172 Å². The number of nitrogens with zero attached hydrogens (tertiary/aromatic N) is 3. The number of methoxy groups -OCH3 is 1. The quantitative estimate of drug-likeness (QED) is 0.664. The minimum absolute atomic E-state index is 0.202. The first-order chi connectivity index (χ1) is 13.5. The molecule has 0 unspecified atom stereocenters. The molecule has 3 heterocycles. The van der Waals surface area contributed by atoms with E-state index >= 15 is 0 Å². The van der Waals surface area contributed by atoms with Gasteiger partial charge in [-0.1, -0.05) is 11.6 Å². The first-order valence-corrected chi connectivity index (χ1v) is 10.3. The van der Waals surface area contributed by atoms with E-state index in [1.54, 1.807) is 13.2 Å². The van der Waals surface area contributed by atoms with Gasteiger partial charge in [0, 0.05) is 36.5 Å². The van der Waals surface area contributed by atoms with E-state index < -0.39 is 6.04 Å². The predicted molar refractivity (Wildman–Crippen MR) is 110 cm³/mol.